The molecule has 0 aromatic rings. The second kappa shape index (κ2) is 6.62. The SMILES string of the molecule is CC(=O)[C@@]1(O)[C@](O)(C(C)=O)[C@@](O)(C(C)=O)[C@@H](C(=O)C(C)O)O[C@@]1(O)C(C)=O. The van der Waals surface area contributed by atoms with E-state index < -0.39 is 63.7 Å². The third kappa shape index (κ3) is 2.54. The monoisotopic (exact) mass is 390 g/mol. The normalized spacial score (nSPS) is 40.1. The molecule has 1 heterocycles. The minimum atomic E-state index is -3.87. The van der Waals surface area contributed by atoms with Gasteiger partial charge in [-0.15, -0.1) is 0 Å². The van der Waals surface area contributed by atoms with Crippen molar-refractivity contribution in [3.05, 3.63) is 0 Å². The Balaban J connectivity index is 4.15. The summed E-state index contributed by atoms with van der Waals surface area (Å²) in [5, 5.41) is 52.9. The number of ether oxygens (including phenoxy) is 1. The number of carbonyl (C=O) groups excluding carboxylic acids is 5. The third-order valence-corrected chi connectivity index (χ3v) is 4.94. The van der Waals surface area contributed by atoms with Crippen molar-refractivity contribution in [2.45, 2.75) is 69.4 Å². The minimum Gasteiger partial charge on any atom is -0.386 e. The molecule has 11 nitrogen and oxygen atoms in total. The number of carbonyl (C=O) groups is 5. The van der Waals surface area contributed by atoms with E-state index in [0.717, 1.165) is 6.92 Å². The molecule has 0 saturated carbocycles. The van der Waals surface area contributed by atoms with Crippen LogP contribution in [0.2, 0.25) is 0 Å². The van der Waals surface area contributed by atoms with Crippen LogP contribution in [0, 0.1) is 0 Å². The summed E-state index contributed by atoms with van der Waals surface area (Å²) in [4.78, 5) is 61.0. The molecule has 6 atom stereocenters. The van der Waals surface area contributed by atoms with E-state index in [1.54, 1.807) is 0 Å². The Labute approximate surface area is 153 Å². The Hall–Kier alpha value is -1.89. The largest absolute Gasteiger partial charge is 0.386 e. The summed E-state index contributed by atoms with van der Waals surface area (Å²) in [5.74, 6) is -11.5. The summed E-state index contributed by atoms with van der Waals surface area (Å²) in [6, 6.07) is 0. The second-order valence-corrected chi connectivity index (χ2v) is 6.63. The molecular formula is C16H22O11. The number of rotatable bonds is 6. The molecule has 1 fully saturated rings. The molecule has 0 bridgehead atoms. The van der Waals surface area contributed by atoms with Gasteiger partial charge in [0.1, 0.15) is 6.10 Å². The zero-order valence-electron chi connectivity index (χ0n) is 15.3. The van der Waals surface area contributed by atoms with Gasteiger partial charge in [-0.25, -0.2) is 0 Å². The van der Waals surface area contributed by atoms with Crippen LogP contribution >= 0.6 is 0 Å². The third-order valence-electron chi connectivity index (χ3n) is 4.94. The zero-order chi connectivity index (χ0) is 21.7. The van der Waals surface area contributed by atoms with E-state index in [1.807, 2.05) is 0 Å². The number of aliphatic hydroxyl groups is 5. The summed E-state index contributed by atoms with van der Waals surface area (Å²) in [6.45, 7) is 3.21. The highest BCUT2D eigenvalue weighted by Crippen LogP contribution is 2.51. The van der Waals surface area contributed by atoms with Crippen LogP contribution in [0.3, 0.4) is 0 Å². The molecule has 5 N–H and O–H groups in total. The van der Waals surface area contributed by atoms with Crippen molar-refractivity contribution in [2.24, 2.45) is 0 Å². The molecule has 152 valence electrons. The van der Waals surface area contributed by atoms with Gasteiger partial charge < -0.3 is 30.3 Å². The van der Waals surface area contributed by atoms with E-state index >= 15 is 0 Å². The Morgan fingerprint density at radius 3 is 1.44 bits per heavy atom. The smallest absolute Gasteiger partial charge is 0.267 e. The standard InChI is InChI=1S/C16H22O11/c1-6(17)11(22)12-13(23,7(2)18)14(24,8(3)19)15(25,9(4)20)16(26,27-12)10(5)21/h6,12,17,23-26H,1-5H3/t6?,12-,13-,14+,15-,16+/m1/s1. The molecule has 1 rings (SSSR count). The maximum Gasteiger partial charge on any atom is 0.267 e. The first-order valence-corrected chi connectivity index (χ1v) is 7.81. The summed E-state index contributed by atoms with van der Waals surface area (Å²) in [5.41, 5.74) is -11.3. The van der Waals surface area contributed by atoms with E-state index in [4.69, 9.17) is 4.74 Å². The van der Waals surface area contributed by atoms with E-state index in [1.165, 1.54) is 0 Å². The van der Waals surface area contributed by atoms with Crippen LogP contribution in [0.15, 0.2) is 0 Å². The van der Waals surface area contributed by atoms with Crippen molar-refractivity contribution in [1.82, 2.24) is 0 Å². The van der Waals surface area contributed by atoms with Crippen LogP contribution in [0.25, 0.3) is 0 Å². The summed E-state index contributed by atoms with van der Waals surface area (Å²) in [6.07, 6.45) is -4.62. The van der Waals surface area contributed by atoms with Crippen molar-refractivity contribution in [3.8, 4) is 0 Å². The van der Waals surface area contributed by atoms with Crippen molar-refractivity contribution < 1.29 is 54.2 Å². The lowest BCUT2D eigenvalue weighted by molar-refractivity contribution is -0.381. The predicted octanol–water partition coefficient (Wildman–Crippen LogP) is -3.43. The maximum absolute atomic E-state index is 12.3. The number of Topliss-reactive ketones (excluding diaryl/α,β-unsaturated/α-hetero) is 5. The fourth-order valence-corrected chi connectivity index (χ4v) is 3.33. The molecule has 0 aliphatic carbocycles. The molecule has 11 heteroatoms. The van der Waals surface area contributed by atoms with E-state index in [0.29, 0.717) is 27.7 Å². The predicted molar refractivity (Wildman–Crippen MR) is 84.1 cm³/mol. The fourth-order valence-electron chi connectivity index (χ4n) is 3.33. The van der Waals surface area contributed by atoms with Crippen LogP contribution in [-0.4, -0.2) is 89.2 Å². The van der Waals surface area contributed by atoms with Gasteiger partial charge in [0.15, 0.2) is 40.6 Å². The molecule has 27 heavy (non-hydrogen) atoms. The Kier molecular flexibility index (Phi) is 5.67. The zero-order valence-corrected chi connectivity index (χ0v) is 15.3. The first-order valence-electron chi connectivity index (χ1n) is 7.81. The number of hydrogen-bond acceptors (Lipinski definition) is 11. The second-order valence-electron chi connectivity index (χ2n) is 6.63. The van der Waals surface area contributed by atoms with Gasteiger partial charge in [-0.2, -0.15) is 0 Å². The molecule has 0 radical (unpaired) electrons. The molecule has 1 aliphatic rings. The van der Waals surface area contributed by atoms with Crippen LogP contribution < -0.4 is 0 Å². The van der Waals surface area contributed by atoms with Gasteiger partial charge in [0.05, 0.1) is 0 Å². The Morgan fingerprint density at radius 1 is 0.778 bits per heavy atom. The maximum atomic E-state index is 12.3. The van der Waals surface area contributed by atoms with Crippen molar-refractivity contribution in [1.29, 1.82) is 0 Å². The highest BCUT2D eigenvalue weighted by atomic mass is 16.7. The molecule has 0 aromatic heterocycles. The lowest BCUT2D eigenvalue weighted by Gasteiger charge is -2.59. The molecule has 0 spiro atoms. The number of ketones is 5. The molecule has 1 saturated heterocycles. The topological polar surface area (TPSA) is 196 Å². The fraction of sp³-hybridized carbons (Fsp3) is 0.688. The quantitative estimate of drug-likeness (QED) is 0.303. The summed E-state index contributed by atoms with van der Waals surface area (Å²) < 4.78 is 4.80. The van der Waals surface area contributed by atoms with Gasteiger partial charge in [0.2, 0.25) is 11.2 Å². The lowest BCUT2D eigenvalue weighted by atomic mass is 9.57. The van der Waals surface area contributed by atoms with E-state index in [9.17, 15) is 49.5 Å². The van der Waals surface area contributed by atoms with Gasteiger partial charge in [0, 0.05) is 6.92 Å². The Bertz CT molecular complexity index is 728. The highest BCUT2D eigenvalue weighted by molar-refractivity contribution is 6.11. The van der Waals surface area contributed by atoms with Crippen molar-refractivity contribution in [3.63, 3.8) is 0 Å². The van der Waals surface area contributed by atoms with Gasteiger partial charge in [-0.3, -0.25) is 24.0 Å². The van der Waals surface area contributed by atoms with Crippen LogP contribution in [-0.2, 0) is 28.7 Å². The van der Waals surface area contributed by atoms with Crippen molar-refractivity contribution in [2.75, 3.05) is 0 Å². The van der Waals surface area contributed by atoms with Crippen molar-refractivity contribution >= 4 is 28.9 Å². The Morgan fingerprint density at radius 2 is 1.19 bits per heavy atom. The molecule has 1 aliphatic heterocycles. The lowest BCUT2D eigenvalue weighted by Crippen LogP contribution is -2.91. The number of hydrogen-bond donors (Lipinski definition) is 5. The van der Waals surface area contributed by atoms with Crippen LogP contribution in [0.1, 0.15) is 34.6 Å². The number of aliphatic hydroxyl groups excluding tert-OH is 1. The first kappa shape index (κ1) is 23.1. The summed E-state index contributed by atoms with van der Waals surface area (Å²) in [7, 11) is 0. The van der Waals surface area contributed by atoms with Crippen LogP contribution in [0.4, 0.5) is 0 Å². The molecular weight excluding hydrogens is 368 g/mol. The molecule has 0 amide bonds. The van der Waals surface area contributed by atoms with Gasteiger partial charge in [-0.05, 0) is 27.7 Å². The molecule has 1 unspecified atom stereocenters. The first-order chi connectivity index (χ1) is 12.0. The minimum absolute atomic E-state index is 0.553. The van der Waals surface area contributed by atoms with Gasteiger partial charge in [-0.1, -0.05) is 0 Å². The van der Waals surface area contributed by atoms with E-state index in [2.05, 4.69) is 0 Å². The van der Waals surface area contributed by atoms with E-state index in [-0.39, 0.29) is 0 Å². The van der Waals surface area contributed by atoms with Gasteiger partial charge in [0.25, 0.3) is 5.79 Å². The highest BCUT2D eigenvalue weighted by Gasteiger charge is 2.84. The summed E-state index contributed by atoms with van der Waals surface area (Å²) >= 11 is 0. The average Bonchev–Trinajstić information content (AvgIpc) is 2.54. The van der Waals surface area contributed by atoms with Gasteiger partial charge >= 0.3 is 0 Å². The average molecular weight is 390 g/mol. The molecule has 0 aromatic carbocycles. The van der Waals surface area contributed by atoms with Crippen LogP contribution in [0.5, 0.6) is 0 Å².